The number of halogens is 6. The number of nitrogens with zero attached hydrogens (tertiary/aromatic N) is 2. The Balaban J connectivity index is 1.81. The summed E-state index contributed by atoms with van der Waals surface area (Å²) in [7, 11) is 0. The number of carbonyl (C=O) groups is 1. The third-order valence-electron chi connectivity index (χ3n) is 3.63. The van der Waals surface area contributed by atoms with E-state index in [1.54, 1.807) is 6.92 Å². The zero-order valence-electron chi connectivity index (χ0n) is 14.9. The van der Waals surface area contributed by atoms with Crippen LogP contribution < -0.4 is 9.47 Å². The van der Waals surface area contributed by atoms with Crippen LogP contribution in [0.15, 0.2) is 42.7 Å². The molecule has 1 heterocycles. The molecular formula is C19H10F6N2O3. The van der Waals surface area contributed by atoms with E-state index in [-0.39, 0.29) is 11.4 Å². The van der Waals surface area contributed by atoms with E-state index in [0.717, 1.165) is 17.7 Å². The fourth-order valence-corrected chi connectivity index (χ4v) is 2.33. The molecule has 0 spiro atoms. The van der Waals surface area contributed by atoms with Crippen LogP contribution >= 0.6 is 0 Å². The third-order valence-corrected chi connectivity index (χ3v) is 3.63. The van der Waals surface area contributed by atoms with Crippen molar-refractivity contribution < 1.29 is 40.6 Å². The highest BCUT2D eigenvalue weighted by Crippen LogP contribution is 2.32. The molecule has 2 aromatic carbocycles. The Hall–Kier alpha value is -3.63. The highest BCUT2D eigenvalue weighted by Gasteiger charge is 2.34. The van der Waals surface area contributed by atoms with Crippen LogP contribution in [0.2, 0.25) is 0 Å². The Kier molecular flexibility index (Phi) is 5.63. The molecule has 0 N–H and O–H groups in total. The van der Waals surface area contributed by atoms with Crippen LogP contribution in [0, 0.1) is 24.4 Å². The van der Waals surface area contributed by atoms with E-state index in [9.17, 15) is 31.1 Å². The van der Waals surface area contributed by atoms with Crippen molar-refractivity contribution in [1.29, 1.82) is 0 Å². The smallest absolute Gasteiger partial charge is 0.423 e. The van der Waals surface area contributed by atoms with Gasteiger partial charge in [-0.15, -0.1) is 13.2 Å². The molecule has 0 atom stereocenters. The summed E-state index contributed by atoms with van der Waals surface area (Å²) in [5.74, 6) is -8.17. The highest BCUT2D eigenvalue weighted by molar-refractivity contribution is 5.91. The number of hydrogen-bond donors (Lipinski definition) is 0. The summed E-state index contributed by atoms with van der Waals surface area (Å²) in [6.45, 7) is 1.76. The van der Waals surface area contributed by atoms with Gasteiger partial charge in [-0.05, 0) is 24.6 Å². The molecule has 0 aliphatic carbocycles. The van der Waals surface area contributed by atoms with Gasteiger partial charge in [0.2, 0.25) is 5.75 Å². The average Bonchev–Trinajstić information content (AvgIpc) is 2.64. The SMILES string of the molecule is Cc1cnc(-c2ccc(C(=O)Oc3cc(F)c(OC(F)(F)F)c(F)c3)c(F)c2)nc1. The van der Waals surface area contributed by atoms with Gasteiger partial charge in [-0.2, -0.15) is 0 Å². The van der Waals surface area contributed by atoms with Crippen LogP contribution in [-0.2, 0) is 0 Å². The normalized spacial score (nSPS) is 11.3. The third kappa shape index (κ3) is 4.85. The Morgan fingerprint density at radius 1 is 0.933 bits per heavy atom. The number of carbonyl (C=O) groups excluding carboxylic acids is 1. The van der Waals surface area contributed by atoms with Crippen LogP contribution in [0.3, 0.4) is 0 Å². The van der Waals surface area contributed by atoms with E-state index in [1.165, 1.54) is 18.5 Å². The van der Waals surface area contributed by atoms with Gasteiger partial charge in [0.25, 0.3) is 0 Å². The van der Waals surface area contributed by atoms with Gasteiger partial charge < -0.3 is 9.47 Å². The fourth-order valence-electron chi connectivity index (χ4n) is 2.33. The molecule has 0 radical (unpaired) electrons. The Morgan fingerprint density at radius 3 is 2.07 bits per heavy atom. The van der Waals surface area contributed by atoms with Crippen molar-refractivity contribution in [3.8, 4) is 22.9 Å². The Bertz CT molecular complexity index is 1080. The van der Waals surface area contributed by atoms with E-state index in [0.29, 0.717) is 12.1 Å². The lowest BCUT2D eigenvalue weighted by molar-refractivity contribution is -0.276. The standard InChI is InChI=1S/C19H10F6N2O3/c1-9-7-26-17(27-8-9)10-2-3-12(13(20)4-10)18(28)29-11-5-14(21)16(15(22)6-11)30-19(23,24)25/h2-8H,1H3. The maximum absolute atomic E-state index is 14.3. The van der Waals surface area contributed by atoms with Crippen molar-refractivity contribution in [2.24, 2.45) is 0 Å². The van der Waals surface area contributed by atoms with Crippen LogP contribution in [0.4, 0.5) is 26.3 Å². The van der Waals surface area contributed by atoms with E-state index in [4.69, 9.17) is 0 Å². The van der Waals surface area contributed by atoms with E-state index < -0.39 is 46.8 Å². The number of hydrogen-bond acceptors (Lipinski definition) is 5. The molecule has 0 fully saturated rings. The minimum atomic E-state index is -5.33. The number of rotatable bonds is 4. The number of aryl methyl sites for hydroxylation is 1. The number of esters is 1. The van der Waals surface area contributed by atoms with Crippen molar-refractivity contribution >= 4 is 5.97 Å². The minimum absolute atomic E-state index is 0.198. The zero-order chi connectivity index (χ0) is 22.1. The lowest BCUT2D eigenvalue weighted by Gasteiger charge is -2.12. The van der Waals surface area contributed by atoms with Crippen LogP contribution in [-0.4, -0.2) is 22.3 Å². The molecule has 0 unspecified atom stereocenters. The van der Waals surface area contributed by atoms with Gasteiger partial charge in [-0.25, -0.2) is 27.9 Å². The molecule has 156 valence electrons. The van der Waals surface area contributed by atoms with Crippen molar-refractivity contribution in [3.05, 3.63) is 71.3 Å². The van der Waals surface area contributed by atoms with Gasteiger partial charge in [0.15, 0.2) is 17.5 Å². The molecule has 1 aromatic heterocycles. The van der Waals surface area contributed by atoms with Gasteiger partial charge in [0.05, 0.1) is 5.56 Å². The molecule has 0 bridgehead atoms. The topological polar surface area (TPSA) is 61.3 Å². The first-order chi connectivity index (χ1) is 14.0. The molecule has 0 amide bonds. The molecule has 5 nitrogen and oxygen atoms in total. The average molecular weight is 428 g/mol. The zero-order valence-corrected chi connectivity index (χ0v) is 14.9. The summed E-state index contributed by atoms with van der Waals surface area (Å²) in [5.41, 5.74) is 0.461. The van der Waals surface area contributed by atoms with E-state index >= 15 is 0 Å². The highest BCUT2D eigenvalue weighted by atomic mass is 19.4. The molecule has 0 aliphatic rings. The largest absolute Gasteiger partial charge is 0.573 e. The lowest BCUT2D eigenvalue weighted by atomic mass is 10.1. The number of alkyl halides is 3. The molecule has 3 aromatic rings. The predicted molar refractivity (Wildman–Crippen MR) is 90.2 cm³/mol. The van der Waals surface area contributed by atoms with Gasteiger partial charge in [-0.3, -0.25) is 0 Å². The van der Waals surface area contributed by atoms with Gasteiger partial charge in [-0.1, -0.05) is 6.07 Å². The Labute approximate surface area is 164 Å². The molecule has 0 saturated carbocycles. The van der Waals surface area contributed by atoms with Crippen molar-refractivity contribution in [3.63, 3.8) is 0 Å². The molecule has 11 heteroatoms. The maximum Gasteiger partial charge on any atom is 0.573 e. The van der Waals surface area contributed by atoms with Crippen molar-refractivity contribution in [2.75, 3.05) is 0 Å². The van der Waals surface area contributed by atoms with Crippen LogP contribution in [0.25, 0.3) is 11.4 Å². The quantitative estimate of drug-likeness (QED) is 0.333. The Morgan fingerprint density at radius 2 is 1.53 bits per heavy atom. The summed E-state index contributed by atoms with van der Waals surface area (Å²) in [4.78, 5) is 20.1. The summed E-state index contributed by atoms with van der Waals surface area (Å²) in [5, 5.41) is 0. The first-order valence-electron chi connectivity index (χ1n) is 8.09. The summed E-state index contributed by atoms with van der Waals surface area (Å²) in [6.07, 6.45) is -2.30. The first kappa shape index (κ1) is 21.1. The minimum Gasteiger partial charge on any atom is -0.423 e. The second kappa shape index (κ2) is 8.01. The number of aromatic nitrogens is 2. The van der Waals surface area contributed by atoms with Crippen LogP contribution in [0.5, 0.6) is 11.5 Å². The summed E-state index contributed by atoms with van der Waals surface area (Å²) < 4.78 is 86.1. The molecule has 3 rings (SSSR count). The number of benzene rings is 2. The van der Waals surface area contributed by atoms with Gasteiger partial charge in [0, 0.05) is 30.1 Å². The second-order valence-corrected chi connectivity index (χ2v) is 5.93. The monoisotopic (exact) mass is 428 g/mol. The number of ether oxygens (including phenoxy) is 2. The summed E-state index contributed by atoms with van der Waals surface area (Å²) in [6, 6.07) is 3.93. The van der Waals surface area contributed by atoms with Gasteiger partial charge >= 0.3 is 12.3 Å². The van der Waals surface area contributed by atoms with Crippen LogP contribution in [0.1, 0.15) is 15.9 Å². The van der Waals surface area contributed by atoms with Crippen molar-refractivity contribution in [2.45, 2.75) is 13.3 Å². The molecular weight excluding hydrogens is 418 g/mol. The molecule has 0 aliphatic heterocycles. The fraction of sp³-hybridized carbons (Fsp3) is 0.105. The maximum atomic E-state index is 14.3. The molecule has 0 saturated heterocycles. The lowest BCUT2D eigenvalue weighted by Crippen LogP contribution is -2.19. The summed E-state index contributed by atoms with van der Waals surface area (Å²) >= 11 is 0. The van der Waals surface area contributed by atoms with Crippen molar-refractivity contribution in [1.82, 2.24) is 9.97 Å². The van der Waals surface area contributed by atoms with E-state index in [2.05, 4.69) is 19.4 Å². The van der Waals surface area contributed by atoms with E-state index in [1.807, 2.05) is 0 Å². The predicted octanol–water partition coefficient (Wildman–Crippen LogP) is 4.99. The van der Waals surface area contributed by atoms with Gasteiger partial charge in [0.1, 0.15) is 11.6 Å². The second-order valence-electron chi connectivity index (χ2n) is 5.93. The first-order valence-corrected chi connectivity index (χ1v) is 8.09. The molecule has 30 heavy (non-hydrogen) atoms.